The maximum Gasteiger partial charge on any atom is 0.220 e. The zero-order valence-electron chi connectivity index (χ0n) is 17.3. The van der Waals surface area contributed by atoms with Crippen LogP contribution in [0.1, 0.15) is 42.0 Å². The lowest BCUT2D eigenvalue weighted by atomic mass is 10.1. The molecule has 5 nitrogen and oxygen atoms in total. The number of ether oxygens (including phenoxy) is 2. The second-order valence-corrected chi connectivity index (χ2v) is 7.70. The lowest BCUT2D eigenvalue weighted by molar-refractivity contribution is -0.121. The number of hydrogen-bond donors (Lipinski definition) is 1. The Balaban J connectivity index is 1.36. The third-order valence-electron chi connectivity index (χ3n) is 5.89. The Morgan fingerprint density at radius 2 is 1.93 bits per heavy atom. The van der Waals surface area contributed by atoms with E-state index in [2.05, 4.69) is 47.4 Å². The largest absolute Gasteiger partial charge is 0.493 e. The van der Waals surface area contributed by atoms with Gasteiger partial charge in [-0.1, -0.05) is 18.2 Å². The Morgan fingerprint density at radius 1 is 1.17 bits per heavy atom. The van der Waals surface area contributed by atoms with Crippen LogP contribution in [0, 0.1) is 0 Å². The molecule has 0 spiro atoms. The van der Waals surface area contributed by atoms with Gasteiger partial charge >= 0.3 is 0 Å². The Morgan fingerprint density at radius 3 is 2.72 bits per heavy atom. The molecule has 0 unspecified atom stereocenters. The van der Waals surface area contributed by atoms with E-state index in [0.29, 0.717) is 12.2 Å². The first kappa shape index (κ1) is 19.4. The van der Waals surface area contributed by atoms with Gasteiger partial charge in [0.25, 0.3) is 0 Å². The molecule has 0 saturated heterocycles. The van der Waals surface area contributed by atoms with Crippen LogP contribution in [0.2, 0.25) is 0 Å². The van der Waals surface area contributed by atoms with Gasteiger partial charge in [-0.3, -0.25) is 4.79 Å². The molecule has 2 aromatic carbocycles. The minimum atomic E-state index is 0.0508. The third-order valence-corrected chi connectivity index (χ3v) is 5.89. The molecule has 0 fully saturated rings. The highest BCUT2D eigenvalue weighted by Crippen LogP contribution is 2.39. The van der Waals surface area contributed by atoms with Crippen molar-refractivity contribution in [3.8, 4) is 11.5 Å². The molecule has 0 bridgehead atoms. The average Bonchev–Trinajstić information content (AvgIpc) is 3.27. The smallest absolute Gasteiger partial charge is 0.220 e. The van der Waals surface area contributed by atoms with Gasteiger partial charge in [0.15, 0.2) is 11.5 Å². The number of aryl methyl sites for hydroxylation is 3. The molecule has 0 aliphatic heterocycles. The third kappa shape index (κ3) is 3.82. The fourth-order valence-corrected chi connectivity index (χ4v) is 4.41. The van der Waals surface area contributed by atoms with E-state index < -0.39 is 0 Å². The summed E-state index contributed by atoms with van der Waals surface area (Å²) in [6.07, 6.45) is 6.31. The lowest BCUT2D eigenvalue weighted by Gasteiger charge is -2.16. The Labute approximate surface area is 171 Å². The van der Waals surface area contributed by atoms with Gasteiger partial charge in [-0.05, 0) is 60.6 Å². The normalized spacial score (nSPS) is 15.3. The van der Waals surface area contributed by atoms with E-state index in [1.165, 1.54) is 22.0 Å². The predicted molar refractivity (Wildman–Crippen MR) is 115 cm³/mol. The number of aromatic nitrogens is 1. The van der Waals surface area contributed by atoms with E-state index in [0.717, 1.165) is 37.0 Å². The number of methoxy groups -OCH3 is 2. The standard InChI is InChI=1S/C24H28N2O3/c1-26-15-17(18-8-4-5-9-21(18)26)7-6-10-24(27)25-20-12-11-16-13-22(28-2)23(29-3)14-19(16)20/h4-5,8-9,13-15,20H,6-7,10-12H2,1-3H3,(H,25,27)/t20-/m1/s1. The Bertz CT molecular complexity index is 1040. The molecule has 3 aromatic rings. The van der Waals surface area contributed by atoms with E-state index >= 15 is 0 Å². The first-order valence-electron chi connectivity index (χ1n) is 10.2. The summed E-state index contributed by atoms with van der Waals surface area (Å²) < 4.78 is 13.0. The fourth-order valence-electron chi connectivity index (χ4n) is 4.41. The number of fused-ring (bicyclic) bond motifs is 2. The van der Waals surface area contributed by atoms with Crippen molar-refractivity contribution in [1.29, 1.82) is 0 Å². The summed E-state index contributed by atoms with van der Waals surface area (Å²) in [5.41, 5.74) is 4.91. The van der Waals surface area contributed by atoms with Gasteiger partial charge < -0.3 is 19.4 Å². The van der Waals surface area contributed by atoms with Crippen molar-refractivity contribution >= 4 is 16.8 Å². The number of hydrogen-bond acceptors (Lipinski definition) is 3. The number of amides is 1. The van der Waals surface area contributed by atoms with Gasteiger partial charge in [0.1, 0.15) is 0 Å². The van der Waals surface area contributed by atoms with Gasteiger partial charge in [0, 0.05) is 30.6 Å². The van der Waals surface area contributed by atoms with Crippen LogP contribution in [0.3, 0.4) is 0 Å². The molecular weight excluding hydrogens is 364 g/mol. The van der Waals surface area contributed by atoms with E-state index in [9.17, 15) is 4.79 Å². The molecule has 1 aliphatic carbocycles. The quantitative estimate of drug-likeness (QED) is 0.651. The predicted octanol–water partition coefficient (Wildman–Crippen LogP) is 4.32. The summed E-state index contributed by atoms with van der Waals surface area (Å²) in [6.45, 7) is 0. The van der Waals surface area contributed by atoms with Crippen LogP contribution < -0.4 is 14.8 Å². The van der Waals surface area contributed by atoms with Crippen molar-refractivity contribution in [3.63, 3.8) is 0 Å². The number of nitrogens with one attached hydrogen (secondary N) is 1. The molecule has 5 heteroatoms. The highest BCUT2D eigenvalue weighted by Gasteiger charge is 2.26. The van der Waals surface area contributed by atoms with Crippen molar-refractivity contribution in [2.75, 3.05) is 14.2 Å². The van der Waals surface area contributed by atoms with Crippen LogP contribution in [-0.2, 0) is 24.7 Å². The van der Waals surface area contributed by atoms with Crippen LogP contribution in [0.15, 0.2) is 42.6 Å². The molecule has 1 heterocycles. The summed E-state index contributed by atoms with van der Waals surface area (Å²) >= 11 is 0. The summed E-state index contributed by atoms with van der Waals surface area (Å²) in [4.78, 5) is 12.6. The maximum absolute atomic E-state index is 12.6. The molecule has 1 N–H and O–H groups in total. The second-order valence-electron chi connectivity index (χ2n) is 7.70. The van der Waals surface area contributed by atoms with Crippen LogP contribution >= 0.6 is 0 Å². The first-order valence-corrected chi connectivity index (χ1v) is 10.2. The number of para-hydroxylation sites is 1. The van der Waals surface area contributed by atoms with E-state index in [-0.39, 0.29) is 11.9 Å². The lowest BCUT2D eigenvalue weighted by Crippen LogP contribution is -2.26. The van der Waals surface area contributed by atoms with E-state index in [1.807, 2.05) is 12.1 Å². The molecule has 152 valence electrons. The topological polar surface area (TPSA) is 52.5 Å². The molecular formula is C24H28N2O3. The molecule has 0 saturated carbocycles. The van der Waals surface area contributed by atoms with Crippen molar-refractivity contribution in [1.82, 2.24) is 9.88 Å². The number of benzene rings is 2. The highest BCUT2D eigenvalue weighted by atomic mass is 16.5. The van der Waals surface area contributed by atoms with Crippen molar-refractivity contribution in [2.24, 2.45) is 7.05 Å². The maximum atomic E-state index is 12.6. The minimum Gasteiger partial charge on any atom is -0.493 e. The van der Waals surface area contributed by atoms with Crippen molar-refractivity contribution in [2.45, 2.75) is 38.1 Å². The molecule has 0 radical (unpaired) electrons. The second kappa shape index (κ2) is 8.19. The molecule has 4 rings (SSSR count). The number of nitrogens with zero attached hydrogens (tertiary/aromatic N) is 1. The van der Waals surface area contributed by atoms with E-state index in [4.69, 9.17) is 9.47 Å². The van der Waals surface area contributed by atoms with Crippen LogP contribution in [-0.4, -0.2) is 24.7 Å². The van der Waals surface area contributed by atoms with Gasteiger partial charge in [0.2, 0.25) is 5.91 Å². The number of rotatable bonds is 7. The monoisotopic (exact) mass is 392 g/mol. The minimum absolute atomic E-state index is 0.0508. The van der Waals surface area contributed by atoms with Crippen LogP contribution in [0.25, 0.3) is 10.9 Å². The summed E-state index contributed by atoms with van der Waals surface area (Å²) in [5.74, 6) is 1.56. The summed E-state index contributed by atoms with van der Waals surface area (Å²) in [7, 11) is 5.35. The summed E-state index contributed by atoms with van der Waals surface area (Å²) in [5, 5.41) is 4.49. The van der Waals surface area contributed by atoms with Crippen molar-refractivity contribution in [3.05, 3.63) is 59.3 Å². The van der Waals surface area contributed by atoms with Crippen LogP contribution in [0.5, 0.6) is 11.5 Å². The van der Waals surface area contributed by atoms with Gasteiger partial charge in [-0.15, -0.1) is 0 Å². The van der Waals surface area contributed by atoms with E-state index in [1.54, 1.807) is 14.2 Å². The Kier molecular flexibility index (Phi) is 5.47. The number of carbonyl (C=O) groups excluding carboxylic acids is 1. The SMILES string of the molecule is COc1cc2c(cc1OC)[C@H](NC(=O)CCCc1cn(C)c3ccccc13)CC2. The highest BCUT2D eigenvalue weighted by molar-refractivity contribution is 5.84. The molecule has 1 atom stereocenters. The zero-order valence-corrected chi connectivity index (χ0v) is 17.3. The van der Waals surface area contributed by atoms with Crippen molar-refractivity contribution < 1.29 is 14.3 Å². The van der Waals surface area contributed by atoms with Gasteiger partial charge in [0.05, 0.1) is 20.3 Å². The average molecular weight is 392 g/mol. The molecule has 29 heavy (non-hydrogen) atoms. The van der Waals surface area contributed by atoms with Gasteiger partial charge in [-0.2, -0.15) is 0 Å². The molecule has 1 amide bonds. The first-order chi connectivity index (χ1) is 14.1. The molecule has 1 aromatic heterocycles. The van der Waals surface area contributed by atoms with Crippen LogP contribution in [0.4, 0.5) is 0 Å². The summed E-state index contributed by atoms with van der Waals surface area (Å²) in [6, 6.07) is 12.5. The zero-order chi connectivity index (χ0) is 20.4. The molecule has 1 aliphatic rings. The van der Waals surface area contributed by atoms with Gasteiger partial charge in [-0.25, -0.2) is 0 Å². The number of carbonyl (C=O) groups is 1. The fraction of sp³-hybridized carbons (Fsp3) is 0.375. The Hall–Kier alpha value is -2.95.